The zero-order valence-corrected chi connectivity index (χ0v) is 20.5. The molecule has 18 heteroatoms. The number of methoxy groups -OCH3 is 1. The van der Waals surface area contributed by atoms with Crippen LogP contribution >= 0.6 is 22.9 Å². The van der Waals surface area contributed by atoms with Crippen LogP contribution in [-0.4, -0.2) is 83.8 Å². The monoisotopic (exact) mass is 505 g/mol. The second-order valence-corrected chi connectivity index (χ2v) is 7.73. The average Bonchev–Trinajstić information content (AvgIpc) is 3.13. The maximum atomic E-state index is 12.6. The van der Waals surface area contributed by atoms with Gasteiger partial charge in [0.05, 0.1) is 7.11 Å². The number of hydrogen-bond acceptors (Lipinski definition) is 12. The van der Waals surface area contributed by atoms with Crippen LogP contribution in [-0.2, 0) is 39.1 Å². The van der Waals surface area contributed by atoms with Crippen molar-refractivity contribution in [2.24, 2.45) is 5.16 Å². The van der Waals surface area contributed by atoms with Crippen molar-refractivity contribution in [3.05, 3.63) is 11.1 Å². The average molecular weight is 506 g/mol. The maximum absolute atomic E-state index is 12.6. The van der Waals surface area contributed by atoms with Crippen molar-refractivity contribution in [2.45, 2.75) is 12.1 Å². The number of anilines is 1. The number of oxime groups is 1. The molecule has 3 amide bonds. The van der Waals surface area contributed by atoms with Crippen molar-refractivity contribution < 1.29 is 71.3 Å². The molecule has 0 bridgehead atoms. The van der Waals surface area contributed by atoms with E-state index in [1.165, 1.54) is 5.38 Å². The number of aromatic nitrogens is 1. The van der Waals surface area contributed by atoms with Crippen LogP contribution in [0.4, 0.5) is 5.13 Å². The quantitative estimate of drug-likeness (QED) is 0.0656. The molecule has 164 valence electrons. The summed E-state index contributed by atoms with van der Waals surface area (Å²) in [5, 5.41) is 9.35. The van der Waals surface area contributed by atoms with Gasteiger partial charge in [-0.25, -0.2) is 22.5 Å². The van der Waals surface area contributed by atoms with E-state index in [9.17, 15) is 32.1 Å². The number of β-lactam (4-membered cyclic amide) rings is 1. The molecule has 2 N–H and O–H groups in total. The predicted molar refractivity (Wildman–Crippen MR) is 99.3 cm³/mol. The molecule has 0 spiro atoms. The van der Waals surface area contributed by atoms with Crippen LogP contribution in [0.2, 0.25) is 0 Å². The van der Waals surface area contributed by atoms with Gasteiger partial charge in [0, 0.05) is 5.38 Å². The summed E-state index contributed by atoms with van der Waals surface area (Å²) in [7, 11) is -3.29. The second kappa shape index (κ2) is 11.2. The minimum atomic E-state index is -5.32. The molecule has 0 saturated carbocycles. The van der Waals surface area contributed by atoms with Gasteiger partial charge in [0.15, 0.2) is 27.2 Å². The second-order valence-electron chi connectivity index (χ2n) is 5.35. The normalized spacial score (nSPS) is 18.4. The van der Waals surface area contributed by atoms with Gasteiger partial charge >= 0.3 is 35.5 Å². The molecule has 1 saturated heterocycles. The molecule has 0 aliphatic carbocycles. The number of halogens is 1. The first-order valence-corrected chi connectivity index (χ1v) is 10.4. The van der Waals surface area contributed by atoms with E-state index < -0.39 is 51.8 Å². The fourth-order valence-electron chi connectivity index (χ4n) is 2.30. The summed E-state index contributed by atoms with van der Waals surface area (Å²) in [5.41, 5.74) is -0.529. The van der Waals surface area contributed by atoms with Crippen molar-refractivity contribution in [2.75, 3.05) is 25.4 Å². The van der Waals surface area contributed by atoms with Gasteiger partial charge in [-0.3, -0.25) is 14.4 Å². The van der Waals surface area contributed by atoms with Crippen molar-refractivity contribution >= 4 is 67.8 Å². The number of alkyl halides is 1. The Balaban J connectivity index is 0.00000480. The Kier molecular flexibility index (Phi) is 9.80. The first-order valence-electron chi connectivity index (χ1n) is 7.65. The van der Waals surface area contributed by atoms with E-state index in [1.807, 2.05) is 0 Å². The Bertz CT molecular complexity index is 1010. The molecule has 14 nitrogen and oxygen atoms in total. The van der Waals surface area contributed by atoms with Gasteiger partial charge in [-0.2, -0.15) is 0 Å². The van der Waals surface area contributed by atoms with Gasteiger partial charge in [0.25, 0.3) is 11.8 Å². The first kappa shape index (κ1) is 27.2. The fraction of sp³-hybridized carbons (Fsp3) is 0.385. The van der Waals surface area contributed by atoms with Gasteiger partial charge in [-0.05, 0) is 0 Å². The van der Waals surface area contributed by atoms with Crippen LogP contribution in [0.1, 0.15) is 5.69 Å². The Morgan fingerprint density at radius 2 is 2.03 bits per heavy atom. The summed E-state index contributed by atoms with van der Waals surface area (Å²) in [5.74, 6) is -4.52. The van der Waals surface area contributed by atoms with E-state index in [2.05, 4.69) is 30.3 Å². The van der Waals surface area contributed by atoms with Crippen LogP contribution in [0.25, 0.3) is 0 Å². The Labute approximate surface area is 206 Å². The van der Waals surface area contributed by atoms with Crippen molar-refractivity contribution in [3.63, 3.8) is 0 Å². The summed E-state index contributed by atoms with van der Waals surface area (Å²) in [6.45, 7) is 0. The third kappa shape index (κ3) is 6.12. The largest absolute Gasteiger partial charge is 1.00 e. The van der Waals surface area contributed by atoms with E-state index >= 15 is 0 Å². The molecule has 2 heterocycles. The van der Waals surface area contributed by atoms with Gasteiger partial charge in [-0.15, -0.1) is 22.9 Å². The standard InChI is InChI=1S/C13H14ClN5O9S2.Na/c1-27-12(23)9-8(11(22)19(9)30(24,25)26)17-10(21)7(18-28-2)5-4-29-13(15-5)16-6(20)3-14;/h4,8-9H,3H2,1-2H3,(H,17,21)(H,15,16,20)(H,24,25,26);/q;+1/p-1. The van der Waals surface area contributed by atoms with Crippen molar-refractivity contribution in [1.29, 1.82) is 0 Å². The summed E-state index contributed by atoms with van der Waals surface area (Å²) >= 11 is 6.31. The molecule has 1 aromatic rings. The van der Waals surface area contributed by atoms with Crippen LogP contribution in [0.15, 0.2) is 10.5 Å². The number of nitrogens with one attached hydrogen (secondary N) is 2. The molecular formula is C13H13ClN5NaO9S2. The Hall–Kier alpha value is -1.82. The molecule has 0 radical (unpaired) electrons. The number of esters is 1. The summed E-state index contributed by atoms with van der Waals surface area (Å²) in [4.78, 5) is 56.2. The molecule has 1 aliphatic heterocycles. The number of thiazole rings is 1. The molecule has 1 aliphatic rings. The minimum Gasteiger partial charge on any atom is -0.731 e. The minimum absolute atomic E-state index is 0. The molecule has 2 atom stereocenters. The Morgan fingerprint density at radius 3 is 2.55 bits per heavy atom. The van der Waals surface area contributed by atoms with Gasteiger partial charge < -0.3 is 24.8 Å². The number of carbonyl (C=O) groups is 4. The smallest absolute Gasteiger partial charge is 0.731 e. The maximum Gasteiger partial charge on any atom is 1.00 e. The molecular weight excluding hydrogens is 493 g/mol. The third-order valence-electron chi connectivity index (χ3n) is 3.53. The topological polar surface area (TPSA) is 196 Å². The van der Waals surface area contributed by atoms with E-state index in [-0.39, 0.29) is 50.6 Å². The summed E-state index contributed by atoms with van der Waals surface area (Å²) in [6, 6.07) is -3.59. The predicted octanol–water partition coefficient (Wildman–Crippen LogP) is -5.00. The Morgan fingerprint density at radius 1 is 1.39 bits per heavy atom. The van der Waals surface area contributed by atoms with Gasteiger partial charge in [0.1, 0.15) is 24.7 Å². The van der Waals surface area contributed by atoms with E-state index in [0.29, 0.717) is 0 Å². The van der Waals surface area contributed by atoms with Gasteiger partial charge in [-0.1, -0.05) is 5.16 Å². The van der Waals surface area contributed by atoms with Crippen LogP contribution in [0, 0.1) is 0 Å². The molecule has 1 fully saturated rings. The van der Waals surface area contributed by atoms with Crippen molar-refractivity contribution in [3.8, 4) is 0 Å². The third-order valence-corrected chi connectivity index (χ3v) is 5.42. The first-order chi connectivity index (χ1) is 14.0. The van der Waals surface area contributed by atoms with Crippen molar-refractivity contribution in [1.82, 2.24) is 14.6 Å². The van der Waals surface area contributed by atoms with E-state index in [0.717, 1.165) is 25.6 Å². The van der Waals surface area contributed by atoms with E-state index in [1.54, 1.807) is 0 Å². The SMILES string of the molecule is CON=C(C(=O)NC1C(=O)N(S(=O)(=O)[O-])C1C(=O)OC)c1csc(NC(=O)CCl)n1.[Na+]. The number of nitrogens with zero attached hydrogens (tertiary/aromatic N) is 3. The number of rotatable bonds is 8. The van der Waals surface area contributed by atoms with E-state index in [4.69, 9.17) is 11.6 Å². The molecule has 2 unspecified atom stereocenters. The summed E-state index contributed by atoms with van der Waals surface area (Å²) < 4.78 is 37.7. The number of amides is 3. The molecule has 0 aromatic carbocycles. The molecule has 2 rings (SSSR count). The van der Waals surface area contributed by atoms with Crippen LogP contribution in [0.5, 0.6) is 0 Å². The number of carbonyl (C=O) groups excluding carboxylic acids is 4. The van der Waals surface area contributed by atoms with Crippen LogP contribution in [0.3, 0.4) is 0 Å². The zero-order valence-electron chi connectivity index (χ0n) is 16.1. The fourth-order valence-corrected chi connectivity index (χ4v) is 3.90. The molecule has 31 heavy (non-hydrogen) atoms. The molecule has 1 aromatic heterocycles. The number of ether oxygens (including phenoxy) is 1. The van der Waals surface area contributed by atoms with Crippen LogP contribution < -0.4 is 40.2 Å². The van der Waals surface area contributed by atoms with Gasteiger partial charge in [0.2, 0.25) is 5.91 Å². The summed E-state index contributed by atoms with van der Waals surface area (Å²) in [6.07, 6.45) is 0. The number of hydrogen-bond donors (Lipinski definition) is 2. The zero-order chi connectivity index (χ0) is 22.6.